The van der Waals surface area contributed by atoms with Gasteiger partial charge in [-0.05, 0) is 78.7 Å². The van der Waals surface area contributed by atoms with Crippen LogP contribution < -0.4 is 0 Å². The molecule has 2 heteroatoms. The van der Waals surface area contributed by atoms with E-state index in [1.165, 1.54) is 22.3 Å². The first-order chi connectivity index (χ1) is 12.4. The minimum absolute atomic E-state index is 0.0772. The number of aliphatic hydroxyl groups excluding tert-OH is 2. The van der Waals surface area contributed by atoms with Crippen molar-refractivity contribution in [2.75, 3.05) is 6.61 Å². The molecule has 0 aliphatic heterocycles. The van der Waals surface area contributed by atoms with Crippen molar-refractivity contribution in [3.05, 3.63) is 70.5 Å². The fourth-order valence-corrected chi connectivity index (χ4v) is 3.46. The largest absolute Gasteiger partial charge is 0.508 e. The number of benzene rings is 1. The molecule has 0 fully saturated rings. The molecule has 0 aliphatic rings. The summed E-state index contributed by atoms with van der Waals surface area (Å²) < 4.78 is 0. The molecule has 2 nitrogen and oxygen atoms in total. The van der Waals surface area contributed by atoms with E-state index in [1.54, 1.807) is 0 Å². The summed E-state index contributed by atoms with van der Waals surface area (Å²) in [6, 6.07) is 4.60. The van der Waals surface area contributed by atoms with E-state index in [0.717, 1.165) is 24.0 Å². The summed E-state index contributed by atoms with van der Waals surface area (Å²) in [6.45, 7) is 22.9. The van der Waals surface area contributed by atoms with Gasteiger partial charge >= 0.3 is 0 Å². The number of rotatable bonds is 9. The minimum atomic E-state index is -0.115. The third kappa shape index (κ3) is 5.84. The predicted octanol–water partition coefficient (Wildman–Crippen LogP) is 6.57. The molecule has 2 N–H and O–H groups in total. The van der Waals surface area contributed by atoms with Crippen molar-refractivity contribution in [2.24, 2.45) is 11.3 Å². The first-order valence-electron chi connectivity index (χ1n) is 9.88. The summed E-state index contributed by atoms with van der Waals surface area (Å²) >= 11 is 0. The highest BCUT2D eigenvalue weighted by molar-refractivity contribution is 5.44. The van der Waals surface area contributed by atoms with Gasteiger partial charge in [-0.2, -0.15) is 0 Å². The van der Waals surface area contributed by atoms with Gasteiger partial charge in [0, 0.05) is 12.2 Å². The van der Waals surface area contributed by atoms with Crippen LogP contribution in [0.3, 0.4) is 0 Å². The maximum Gasteiger partial charge on any atom is 0.115 e. The van der Waals surface area contributed by atoms with E-state index in [9.17, 15) is 10.2 Å². The summed E-state index contributed by atoms with van der Waals surface area (Å²) in [6.07, 6.45) is 3.57. The Labute approximate surface area is 166 Å². The van der Waals surface area contributed by atoms with Crippen molar-refractivity contribution in [1.29, 1.82) is 0 Å². The van der Waals surface area contributed by atoms with E-state index in [2.05, 4.69) is 66.8 Å². The average molecular weight is 371 g/mol. The Hall–Kier alpha value is -1.80. The highest BCUT2D eigenvalue weighted by atomic mass is 16.3. The summed E-state index contributed by atoms with van der Waals surface area (Å²) in [7, 11) is 0. The van der Waals surface area contributed by atoms with Crippen LogP contribution >= 0.6 is 0 Å². The number of hydrogen-bond donors (Lipinski definition) is 2. The first kappa shape index (κ1) is 23.2. The quantitative estimate of drug-likeness (QED) is 0.381. The maximum atomic E-state index is 9.79. The lowest BCUT2D eigenvalue weighted by Gasteiger charge is -2.31. The minimum Gasteiger partial charge on any atom is -0.508 e. The van der Waals surface area contributed by atoms with Crippen molar-refractivity contribution in [1.82, 2.24) is 0 Å². The van der Waals surface area contributed by atoms with Gasteiger partial charge in [-0.3, -0.25) is 0 Å². The van der Waals surface area contributed by atoms with Gasteiger partial charge in [0.2, 0.25) is 0 Å². The Morgan fingerprint density at radius 2 is 1.70 bits per heavy atom. The lowest BCUT2D eigenvalue weighted by molar-refractivity contribution is 0.105. The molecule has 0 saturated carbocycles. The van der Waals surface area contributed by atoms with E-state index in [-0.39, 0.29) is 23.7 Å². The Balaban J connectivity index is 3.20. The van der Waals surface area contributed by atoms with E-state index in [4.69, 9.17) is 0 Å². The van der Waals surface area contributed by atoms with Crippen molar-refractivity contribution >= 4 is 0 Å². The molecule has 0 amide bonds. The second-order valence-corrected chi connectivity index (χ2v) is 8.74. The van der Waals surface area contributed by atoms with E-state index in [1.807, 2.05) is 13.0 Å². The van der Waals surface area contributed by atoms with Crippen LogP contribution in [0.4, 0.5) is 0 Å². The Bertz CT molecular complexity index is 722. The van der Waals surface area contributed by atoms with Crippen molar-refractivity contribution in [3.8, 4) is 0 Å². The van der Waals surface area contributed by atoms with Gasteiger partial charge in [0.1, 0.15) is 5.76 Å². The highest BCUT2D eigenvalue weighted by Crippen LogP contribution is 2.35. The van der Waals surface area contributed by atoms with Gasteiger partial charge in [0.15, 0.2) is 0 Å². The van der Waals surface area contributed by atoms with Gasteiger partial charge in [-0.1, -0.05) is 59.1 Å². The molecule has 2 unspecified atom stereocenters. The molecule has 0 spiro atoms. The van der Waals surface area contributed by atoms with Crippen LogP contribution in [0.25, 0.3) is 0 Å². The smallest absolute Gasteiger partial charge is 0.115 e. The van der Waals surface area contributed by atoms with Crippen LogP contribution in [0.1, 0.15) is 69.2 Å². The summed E-state index contributed by atoms with van der Waals surface area (Å²) in [5.41, 5.74) is 6.80. The third-order valence-electron chi connectivity index (χ3n) is 6.09. The van der Waals surface area contributed by atoms with Gasteiger partial charge in [-0.25, -0.2) is 0 Å². The molecule has 0 saturated heterocycles. The zero-order valence-electron chi connectivity index (χ0n) is 18.3. The molecule has 27 heavy (non-hydrogen) atoms. The molecule has 1 aromatic carbocycles. The first-order valence-corrected chi connectivity index (χ1v) is 9.88. The molecule has 2 atom stereocenters. The van der Waals surface area contributed by atoms with Crippen LogP contribution in [0.2, 0.25) is 0 Å². The molecule has 0 heterocycles. The molecule has 1 aromatic rings. The number of aryl methyl sites for hydroxylation is 2. The van der Waals surface area contributed by atoms with Crippen molar-refractivity contribution in [2.45, 2.75) is 67.2 Å². The molecule has 1 rings (SSSR count). The zero-order chi connectivity index (χ0) is 20.9. The number of hydrogen-bond acceptors (Lipinski definition) is 2. The van der Waals surface area contributed by atoms with Crippen molar-refractivity contribution < 1.29 is 10.2 Å². The fraction of sp³-hybridized carbons (Fsp3) is 0.520. The van der Waals surface area contributed by atoms with Crippen LogP contribution in [0, 0.1) is 25.2 Å². The average Bonchev–Trinajstić information content (AvgIpc) is 2.57. The second-order valence-electron chi connectivity index (χ2n) is 8.74. The monoisotopic (exact) mass is 370 g/mol. The van der Waals surface area contributed by atoms with Crippen LogP contribution in [-0.2, 0) is 6.42 Å². The maximum absolute atomic E-state index is 9.79. The third-order valence-corrected chi connectivity index (χ3v) is 6.09. The Morgan fingerprint density at radius 1 is 1.15 bits per heavy atom. The Kier molecular flexibility index (Phi) is 8.10. The lowest BCUT2D eigenvalue weighted by atomic mass is 9.75. The Morgan fingerprint density at radius 3 is 2.19 bits per heavy atom. The molecule has 0 radical (unpaired) electrons. The highest BCUT2D eigenvalue weighted by Gasteiger charge is 2.26. The second kappa shape index (κ2) is 9.41. The molecule has 0 aromatic heterocycles. The normalized spacial score (nSPS) is 14.7. The fourth-order valence-electron chi connectivity index (χ4n) is 3.46. The molecule has 0 aliphatic carbocycles. The molecular formula is C25H38O2. The summed E-state index contributed by atoms with van der Waals surface area (Å²) in [4.78, 5) is 0. The van der Waals surface area contributed by atoms with Crippen molar-refractivity contribution in [3.63, 3.8) is 0 Å². The summed E-state index contributed by atoms with van der Waals surface area (Å²) in [5, 5.41) is 19.5. The SMILES string of the molecule is C=C(O)/C(=C/C)C(=C)CC(C)c1cc(C)c(C)cc1CC(C)C(C)(C)CO. The summed E-state index contributed by atoms with van der Waals surface area (Å²) in [5.74, 6) is 0.723. The van der Waals surface area contributed by atoms with Crippen LogP contribution in [0.15, 0.2) is 48.3 Å². The van der Waals surface area contributed by atoms with E-state index < -0.39 is 0 Å². The van der Waals surface area contributed by atoms with E-state index in [0.29, 0.717) is 5.92 Å². The number of aliphatic hydroxyl groups is 2. The number of allylic oxidation sites excluding steroid dienone is 2. The molecule has 150 valence electrons. The van der Waals surface area contributed by atoms with Gasteiger partial charge < -0.3 is 10.2 Å². The van der Waals surface area contributed by atoms with Gasteiger partial charge in [0.25, 0.3) is 0 Å². The van der Waals surface area contributed by atoms with Gasteiger partial charge in [0.05, 0.1) is 0 Å². The van der Waals surface area contributed by atoms with Gasteiger partial charge in [-0.15, -0.1) is 0 Å². The van der Waals surface area contributed by atoms with Crippen LogP contribution in [0.5, 0.6) is 0 Å². The van der Waals surface area contributed by atoms with E-state index >= 15 is 0 Å². The molecular weight excluding hydrogens is 332 g/mol. The standard InChI is InChI=1S/C25H38O2/c1-10-23(21(7)27)18(4)11-19(5)24-13-17(3)16(2)12-22(24)14-20(6)25(8,9)15-26/h10,12-13,19-20,26-27H,4,7,11,14-15H2,1-3,5-6,8-9H3/b23-10+. The zero-order valence-corrected chi connectivity index (χ0v) is 18.3. The predicted molar refractivity (Wildman–Crippen MR) is 117 cm³/mol. The lowest BCUT2D eigenvalue weighted by Crippen LogP contribution is -2.27. The van der Waals surface area contributed by atoms with Crippen LogP contribution in [-0.4, -0.2) is 16.8 Å². The topological polar surface area (TPSA) is 40.5 Å². The molecule has 0 bridgehead atoms.